The summed E-state index contributed by atoms with van der Waals surface area (Å²) >= 11 is 1.97. The molecule has 0 amide bonds. The Hall–Kier alpha value is -4.15. The average Bonchev–Trinajstić information content (AvgIpc) is 3.44. The van der Waals surface area contributed by atoms with E-state index in [1.807, 2.05) is 11.3 Å². The zero-order valence-corrected chi connectivity index (χ0v) is 29.3. The molecule has 0 radical (unpaired) electrons. The van der Waals surface area contributed by atoms with Gasteiger partial charge in [0.1, 0.15) is 5.82 Å². The predicted octanol–water partition coefficient (Wildman–Crippen LogP) is 9.56. The Morgan fingerprint density at radius 3 is 2.19 bits per heavy atom. The van der Waals surface area contributed by atoms with Gasteiger partial charge in [0.05, 0.1) is 11.4 Å². The largest absolute Gasteiger partial charge is 0.294 e. The molecule has 0 spiro atoms. The number of hydrogen-bond acceptors (Lipinski definition) is 3. The van der Waals surface area contributed by atoms with E-state index in [1.54, 1.807) is 0 Å². The van der Waals surface area contributed by atoms with Crippen LogP contribution in [0, 0.1) is 6.92 Å². The minimum Gasteiger partial charge on any atom is -0.294 e. The van der Waals surface area contributed by atoms with Crippen LogP contribution in [0.15, 0.2) is 97.2 Å². The van der Waals surface area contributed by atoms with Gasteiger partial charge in [0.2, 0.25) is 0 Å². The number of aryl methyl sites for hydroxylation is 1. The van der Waals surface area contributed by atoms with Crippen molar-refractivity contribution in [3.63, 3.8) is 0 Å². The number of nitrogens with zero attached hydrogens (tertiary/aromatic N) is 2. The number of thiophene rings is 1. The fourth-order valence-corrected chi connectivity index (χ4v) is 10.3. The maximum atomic E-state index is 5.36. The summed E-state index contributed by atoms with van der Waals surface area (Å²) in [5.74, 6) is 1.08. The van der Waals surface area contributed by atoms with Crippen molar-refractivity contribution < 1.29 is 0 Å². The topological polar surface area (TPSA) is 16.1 Å². The van der Waals surface area contributed by atoms with Crippen molar-refractivity contribution in [2.45, 2.75) is 77.6 Å². The lowest BCUT2D eigenvalue weighted by Gasteiger charge is -2.45. The number of rotatable bonds is 2. The molecule has 4 aromatic carbocycles. The third-order valence-corrected chi connectivity index (χ3v) is 12.9. The summed E-state index contributed by atoms with van der Waals surface area (Å²) in [5, 5.41) is 1.31. The second-order valence-electron chi connectivity index (χ2n) is 15.9. The summed E-state index contributed by atoms with van der Waals surface area (Å²) < 4.78 is 2.75. The SMILES string of the molecule is Cc1ccc2c(c1)B1c3sc4ccccc4c3N(c3cc4c(cc3-c3ccccc3)C(C)(C)CCC4(C)C)c3nccc(c31)C2(C)C. The van der Waals surface area contributed by atoms with Crippen molar-refractivity contribution >= 4 is 61.0 Å². The van der Waals surface area contributed by atoms with Gasteiger partial charge < -0.3 is 0 Å². The lowest BCUT2D eigenvalue weighted by molar-refractivity contribution is 0.332. The van der Waals surface area contributed by atoms with Crippen LogP contribution in [0.25, 0.3) is 21.2 Å². The highest BCUT2D eigenvalue weighted by Crippen LogP contribution is 2.53. The van der Waals surface area contributed by atoms with E-state index in [0.717, 1.165) is 5.82 Å². The summed E-state index contributed by atoms with van der Waals surface area (Å²) in [4.78, 5) is 7.93. The zero-order chi connectivity index (χ0) is 32.5. The minimum atomic E-state index is -0.142. The van der Waals surface area contributed by atoms with E-state index >= 15 is 0 Å². The fraction of sp³-hybridized carbons (Fsp3) is 0.279. The molecule has 2 nitrogen and oxygen atoms in total. The van der Waals surface area contributed by atoms with Crippen LogP contribution in [0.1, 0.15) is 82.2 Å². The van der Waals surface area contributed by atoms with Gasteiger partial charge in [0.15, 0.2) is 0 Å². The first-order valence-corrected chi connectivity index (χ1v) is 18.0. The molecule has 0 atom stereocenters. The van der Waals surface area contributed by atoms with Gasteiger partial charge in [-0.3, -0.25) is 4.90 Å². The quantitative estimate of drug-likeness (QED) is 0.177. The van der Waals surface area contributed by atoms with Crippen molar-refractivity contribution in [2.75, 3.05) is 4.90 Å². The monoisotopic (exact) mass is 628 g/mol. The van der Waals surface area contributed by atoms with Crippen molar-refractivity contribution in [2.24, 2.45) is 0 Å². The first-order chi connectivity index (χ1) is 22.5. The van der Waals surface area contributed by atoms with E-state index in [-0.39, 0.29) is 23.0 Å². The molecule has 0 saturated heterocycles. The second kappa shape index (κ2) is 9.70. The van der Waals surface area contributed by atoms with Gasteiger partial charge in [0, 0.05) is 32.0 Å². The minimum absolute atomic E-state index is 0.0781. The molecule has 4 heteroatoms. The highest BCUT2D eigenvalue weighted by molar-refractivity contribution is 7.33. The Labute approximate surface area is 283 Å². The molecular weight excluding hydrogens is 587 g/mol. The van der Waals surface area contributed by atoms with E-state index in [2.05, 4.69) is 151 Å². The van der Waals surface area contributed by atoms with Crippen LogP contribution < -0.4 is 20.6 Å². The first-order valence-electron chi connectivity index (χ1n) is 17.1. The molecule has 3 aliphatic rings. The molecule has 9 rings (SSSR count). The predicted molar refractivity (Wildman–Crippen MR) is 203 cm³/mol. The van der Waals surface area contributed by atoms with E-state index in [0.29, 0.717) is 0 Å². The van der Waals surface area contributed by atoms with Crippen molar-refractivity contribution in [1.29, 1.82) is 0 Å². The number of anilines is 3. The Balaban J connectivity index is 1.44. The summed E-state index contributed by atoms with van der Waals surface area (Å²) in [6.45, 7) is 16.9. The maximum absolute atomic E-state index is 5.36. The molecule has 232 valence electrons. The van der Waals surface area contributed by atoms with Crippen LogP contribution in [-0.4, -0.2) is 11.7 Å². The average molecular weight is 629 g/mol. The summed E-state index contributed by atoms with van der Waals surface area (Å²) in [7, 11) is 0. The zero-order valence-electron chi connectivity index (χ0n) is 28.5. The van der Waals surface area contributed by atoms with Crippen LogP contribution in [0.5, 0.6) is 0 Å². The van der Waals surface area contributed by atoms with Gasteiger partial charge in [-0.15, -0.1) is 11.3 Å². The van der Waals surface area contributed by atoms with Gasteiger partial charge in [-0.25, -0.2) is 4.98 Å². The van der Waals surface area contributed by atoms with Gasteiger partial charge >= 0.3 is 0 Å². The lowest BCUT2D eigenvalue weighted by Crippen LogP contribution is -2.63. The molecule has 0 bridgehead atoms. The van der Waals surface area contributed by atoms with E-state index in [9.17, 15) is 0 Å². The molecule has 47 heavy (non-hydrogen) atoms. The Morgan fingerprint density at radius 1 is 0.723 bits per heavy atom. The number of benzene rings is 4. The number of hydrogen-bond donors (Lipinski definition) is 0. The van der Waals surface area contributed by atoms with Gasteiger partial charge in [0.25, 0.3) is 6.71 Å². The van der Waals surface area contributed by atoms with Gasteiger partial charge in [-0.2, -0.15) is 0 Å². The number of fused-ring (bicyclic) bond motifs is 7. The van der Waals surface area contributed by atoms with Crippen LogP contribution in [0.4, 0.5) is 17.2 Å². The van der Waals surface area contributed by atoms with Crippen molar-refractivity contribution in [3.05, 3.63) is 125 Å². The number of aromatic nitrogens is 1. The second-order valence-corrected chi connectivity index (χ2v) is 17.0. The molecule has 0 saturated carbocycles. The Bertz CT molecular complexity index is 2260. The van der Waals surface area contributed by atoms with Gasteiger partial charge in [-0.05, 0) is 88.1 Å². The highest BCUT2D eigenvalue weighted by atomic mass is 32.1. The van der Waals surface area contributed by atoms with Gasteiger partial charge in [-0.1, -0.05) is 119 Å². The molecule has 2 aromatic heterocycles. The van der Waals surface area contributed by atoms with E-state index in [1.165, 1.54) is 88.9 Å². The van der Waals surface area contributed by atoms with Crippen LogP contribution in [0.2, 0.25) is 0 Å². The van der Waals surface area contributed by atoms with Crippen LogP contribution in [0.3, 0.4) is 0 Å². The summed E-state index contributed by atoms with van der Waals surface area (Å²) in [6.07, 6.45) is 4.43. The molecule has 0 fully saturated rings. The highest BCUT2D eigenvalue weighted by Gasteiger charge is 2.49. The lowest BCUT2D eigenvalue weighted by atomic mass is 9.32. The van der Waals surface area contributed by atoms with Crippen LogP contribution in [-0.2, 0) is 16.2 Å². The molecule has 4 heterocycles. The summed E-state index contributed by atoms with van der Waals surface area (Å²) in [5.41, 5.74) is 15.0. The van der Waals surface area contributed by atoms with E-state index in [4.69, 9.17) is 4.98 Å². The smallest absolute Gasteiger partial charge is 0.262 e. The third-order valence-electron chi connectivity index (χ3n) is 11.7. The summed E-state index contributed by atoms with van der Waals surface area (Å²) in [6, 6.07) is 34.6. The molecule has 6 aromatic rings. The Kier molecular flexibility index (Phi) is 5.99. The normalized spacial score (nSPS) is 17.9. The third kappa shape index (κ3) is 4.00. The molecular formula is C43H41BN2S. The maximum Gasteiger partial charge on any atom is 0.262 e. The molecule has 0 N–H and O–H groups in total. The number of pyridine rings is 1. The Morgan fingerprint density at radius 2 is 1.43 bits per heavy atom. The van der Waals surface area contributed by atoms with Crippen molar-refractivity contribution in [3.8, 4) is 11.1 Å². The molecule has 0 unspecified atom stereocenters. The van der Waals surface area contributed by atoms with Crippen molar-refractivity contribution in [1.82, 2.24) is 4.98 Å². The van der Waals surface area contributed by atoms with E-state index < -0.39 is 0 Å². The molecule has 2 aliphatic heterocycles. The van der Waals surface area contributed by atoms with Crippen LogP contribution >= 0.6 is 11.3 Å². The first kappa shape index (κ1) is 29.0. The fourth-order valence-electron chi connectivity index (χ4n) is 8.99. The molecule has 1 aliphatic carbocycles. The standard InChI is InChI=1S/C43H41BN2S/c1-26-17-18-30-34(23-26)44-37-31(43(30,6)7)19-22-45-40(37)46(38-28-15-11-12-16-36(28)47-39(38)44)35-25-33-32(41(2,3)20-21-42(33,4)5)24-29(35)27-13-9-8-10-14-27/h8-19,22-25H,20-21H2,1-7H3.